The fourth-order valence-corrected chi connectivity index (χ4v) is 5.67. The van der Waals surface area contributed by atoms with Crippen LogP contribution in [-0.4, -0.2) is 29.7 Å². The first kappa shape index (κ1) is 11.4. The van der Waals surface area contributed by atoms with Crippen molar-refractivity contribution in [1.82, 2.24) is 9.13 Å². The largest absolute Gasteiger partial charge is 0.553 e. The number of hydrogen-bond donors (Lipinski definition) is 0. The van der Waals surface area contributed by atoms with Crippen molar-refractivity contribution < 1.29 is 9.15 Å². The van der Waals surface area contributed by atoms with Crippen LogP contribution < -0.4 is 21.4 Å². The quantitative estimate of drug-likeness (QED) is 0.557. The second-order valence-corrected chi connectivity index (χ2v) is 7.53. The van der Waals surface area contributed by atoms with E-state index in [1.54, 1.807) is 0 Å². The van der Waals surface area contributed by atoms with Crippen molar-refractivity contribution in [2.75, 3.05) is 0 Å². The molecule has 0 aliphatic carbocycles. The molecule has 0 radical (unpaired) electrons. The van der Waals surface area contributed by atoms with Gasteiger partial charge in [0.25, 0.3) is 0 Å². The highest BCUT2D eigenvalue weighted by Crippen LogP contribution is 2.38. The molecule has 116 valence electrons. The van der Waals surface area contributed by atoms with Crippen molar-refractivity contribution in [1.29, 1.82) is 0 Å². The number of hydrogen-bond acceptors (Lipinski definition) is 0. The molecule has 1 spiro atoms. The second-order valence-electron chi connectivity index (χ2n) is 7.53. The van der Waals surface area contributed by atoms with Crippen LogP contribution in [0.25, 0.3) is 24.3 Å². The first-order valence-electron chi connectivity index (χ1n) is 8.92. The van der Waals surface area contributed by atoms with Gasteiger partial charge in [0.1, 0.15) is 0 Å². The van der Waals surface area contributed by atoms with Crippen LogP contribution in [0.5, 0.6) is 0 Å². The van der Waals surface area contributed by atoms with Crippen LogP contribution in [0.3, 0.4) is 0 Å². The summed E-state index contributed by atoms with van der Waals surface area (Å²) in [5.41, 5.74) is 5.43. The summed E-state index contributed by atoms with van der Waals surface area (Å²) in [5.74, 6) is -0.370. The molecule has 25 heavy (non-hydrogen) atoms. The van der Waals surface area contributed by atoms with Gasteiger partial charge in [-0.1, -0.05) is 9.15 Å². The summed E-state index contributed by atoms with van der Waals surface area (Å²) in [6, 6.07) is 9.07. The second kappa shape index (κ2) is 3.18. The lowest BCUT2D eigenvalue weighted by atomic mass is 10.1. The molecule has 6 aliphatic rings. The number of aromatic nitrogens is 2. The minimum Gasteiger partial charge on any atom is -0.199 e. The molecule has 8 heterocycles. The Morgan fingerprint density at radius 3 is 1.56 bits per heavy atom. The molecule has 2 aromatic rings. The highest BCUT2D eigenvalue weighted by atomic mass is 15.6. The number of nitrogens with zero attached hydrogens (tertiary/aromatic N) is 4. The van der Waals surface area contributed by atoms with Crippen molar-refractivity contribution in [2.45, 2.75) is 18.8 Å². The normalized spacial score (nSPS) is 23.8. The van der Waals surface area contributed by atoms with Gasteiger partial charge in [-0.05, 0) is 36.4 Å². The van der Waals surface area contributed by atoms with Crippen molar-refractivity contribution in [2.24, 2.45) is 0 Å². The van der Waals surface area contributed by atoms with Gasteiger partial charge in [0.15, 0.2) is 11.4 Å². The zero-order valence-corrected chi connectivity index (χ0v) is 13.5. The molecule has 0 unspecified atom stereocenters. The zero-order chi connectivity index (χ0) is 15.9. The van der Waals surface area contributed by atoms with E-state index in [0.717, 1.165) is 12.8 Å². The highest BCUT2D eigenvalue weighted by Gasteiger charge is 2.68. The van der Waals surface area contributed by atoms with E-state index in [4.69, 9.17) is 0 Å². The maximum atomic E-state index is 2.55. The van der Waals surface area contributed by atoms with Crippen LogP contribution >= 0.6 is 0 Å². The van der Waals surface area contributed by atoms with E-state index in [0.29, 0.717) is 0 Å². The van der Waals surface area contributed by atoms with Gasteiger partial charge in [-0.2, -0.15) is 9.13 Å². The first-order chi connectivity index (χ1) is 12.4. The number of rotatable bonds is 0. The van der Waals surface area contributed by atoms with Gasteiger partial charge in [-0.15, -0.1) is 0 Å². The Kier molecular flexibility index (Phi) is 1.45. The van der Waals surface area contributed by atoms with Crippen LogP contribution in [0.4, 0.5) is 0 Å². The SMILES string of the molecule is C1=C2C=c3ccc4n3C35n6c(ccc6=CC(=[N+]23)C1)=CC1=CCC(=[N+]15)C=4. The van der Waals surface area contributed by atoms with Gasteiger partial charge in [0, 0.05) is 24.3 Å². The van der Waals surface area contributed by atoms with Crippen molar-refractivity contribution in [3.05, 3.63) is 69.2 Å². The third-order valence-electron chi connectivity index (χ3n) is 6.43. The maximum Gasteiger partial charge on any atom is 0.553 e. The monoisotopic (exact) mass is 322 g/mol. The molecule has 2 aromatic heterocycles. The molecule has 0 bridgehead atoms. The molecule has 6 aliphatic heterocycles. The summed E-state index contributed by atoms with van der Waals surface area (Å²) < 4.78 is 10.1. The third kappa shape index (κ3) is 0.940. The molecule has 0 atom stereocenters. The molecule has 0 saturated heterocycles. The van der Waals surface area contributed by atoms with Crippen molar-refractivity contribution in [3.63, 3.8) is 0 Å². The van der Waals surface area contributed by atoms with Gasteiger partial charge < -0.3 is 0 Å². The third-order valence-corrected chi connectivity index (χ3v) is 6.43. The van der Waals surface area contributed by atoms with E-state index in [1.165, 1.54) is 44.2 Å². The molecular formula is C21H14N4+2. The summed E-state index contributed by atoms with van der Waals surface area (Å²) in [6.07, 6.45) is 16.1. The Balaban J connectivity index is 1.81. The van der Waals surface area contributed by atoms with E-state index >= 15 is 0 Å². The van der Waals surface area contributed by atoms with Crippen LogP contribution in [0.2, 0.25) is 0 Å². The highest BCUT2D eigenvalue weighted by molar-refractivity contribution is 6.10. The Labute approximate surface area is 142 Å². The summed E-state index contributed by atoms with van der Waals surface area (Å²) in [6.45, 7) is 0. The van der Waals surface area contributed by atoms with Crippen LogP contribution in [-0.2, 0) is 5.91 Å². The molecule has 0 amide bonds. The predicted octanol–water partition coefficient (Wildman–Crippen LogP) is -0.936. The Morgan fingerprint density at radius 2 is 1.08 bits per heavy atom. The average molecular weight is 322 g/mol. The lowest BCUT2D eigenvalue weighted by Gasteiger charge is -2.36. The van der Waals surface area contributed by atoms with E-state index in [-0.39, 0.29) is 5.91 Å². The van der Waals surface area contributed by atoms with Crippen molar-refractivity contribution >= 4 is 35.7 Å². The molecule has 8 rings (SSSR count). The van der Waals surface area contributed by atoms with Gasteiger partial charge in [0.2, 0.25) is 11.4 Å². The fourth-order valence-electron chi connectivity index (χ4n) is 5.67. The summed E-state index contributed by atoms with van der Waals surface area (Å²) in [4.78, 5) is 0. The van der Waals surface area contributed by atoms with Crippen molar-refractivity contribution in [3.8, 4) is 0 Å². The van der Waals surface area contributed by atoms with Gasteiger partial charge in [-0.3, -0.25) is 0 Å². The first-order valence-corrected chi connectivity index (χ1v) is 8.92. The van der Waals surface area contributed by atoms with Crippen LogP contribution in [0.15, 0.2) is 47.8 Å². The standard InChI is InChI=1S/C21H14N4/c1-2-14-10-16-5-6-18-12-20-8-7-19-11-17-4-3-15-9-13(1)22(14)21(23(15)17,24(16)18)25(19)20/h1-3,6-12H,4-5H2/q+2. The Bertz CT molecular complexity index is 1360. The molecule has 0 aromatic carbocycles. The predicted molar refractivity (Wildman–Crippen MR) is 94.5 cm³/mol. The van der Waals surface area contributed by atoms with Gasteiger partial charge >= 0.3 is 5.91 Å². The topological polar surface area (TPSA) is 15.9 Å². The summed E-state index contributed by atoms with van der Waals surface area (Å²) >= 11 is 0. The Morgan fingerprint density at radius 1 is 0.640 bits per heavy atom. The maximum absolute atomic E-state index is 2.55. The molecular weight excluding hydrogens is 308 g/mol. The minimum atomic E-state index is -0.370. The summed E-state index contributed by atoms with van der Waals surface area (Å²) in [5, 5.41) is 5.17. The number of allylic oxidation sites excluding steroid dienone is 4. The smallest absolute Gasteiger partial charge is 0.199 e. The lowest BCUT2D eigenvalue weighted by Crippen LogP contribution is -2.73. The fraction of sp³-hybridized carbons (Fsp3) is 0.143. The Hall–Kier alpha value is -3.14. The zero-order valence-electron chi connectivity index (χ0n) is 13.5. The average Bonchev–Trinajstić information content (AvgIpc) is 3.38. The van der Waals surface area contributed by atoms with Gasteiger partial charge in [-0.25, -0.2) is 0 Å². The van der Waals surface area contributed by atoms with E-state index in [1.807, 2.05) is 0 Å². The molecule has 4 nitrogen and oxygen atoms in total. The molecule has 0 saturated carbocycles. The van der Waals surface area contributed by atoms with Crippen LogP contribution in [0.1, 0.15) is 12.8 Å². The van der Waals surface area contributed by atoms with E-state index in [9.17, 15) is 0 Å². The molecule has 4 heteroatoms. The van der Waals surface area contributed by atoms with E-state index < -0.39 is 0 Å². The lowest BCUT2D eigenvalue weighted by molar-refractivity contribution is -0.834. The van der Waals surface area contributed by atoms with Gasteiger partial charge in [0.05, 0.1) is 34.2 Å². The summed E-state index contributed by atoms with van der Waals surface area (Å²) in [7, 11) is 0. The van der Waals surface area contributed by atoms with E-state index in [2.05, 4.69) is 79.0 Å². The molecule has 0 N–H and O–H groups in total. The van der Waals surface area contributed by atoms with Crippen LogP contribution in [0, 0.1) is 0 Å². The minimum absolute atomic E-state index is 0.370. The molecule has 0 fully saturated rings.